The van der Waals surface area contributed by atoms with E-state index >= 15 is 0 Å². The van der Waals surface area contributed by atoms with Crippen molar-refractivity contribution < 1.29 is 30.5 Å². The average Bonchev–Trinajstić information content (AvgIpc) is 1.35. The minimum Gasteiger partial charge on any atom is -0.823 e. The SMILES string of the molecule is [CH2-]P(=O)([O-])CC.[W]. The van der Waals surface area contributed by atoms with Gasteiger partial charge in [-0.2, -0.15) is 0 Å². The Kier molecular flexibility index (Phi) is 5.90. The standard InChI is InChI=1S/C3H8O2P.W/c1-3-6(2,4)5;/h2-3H2,1H3,(H,4,5);/q-1;/p-1. The summed E-state index contributed by atoms with van der Waals surface area (Å²) >= 11 is 0. The van der Waals surface area contributed by atoms with Gasteiger partial charge in [0.05, 0.1) is 0 Å². The maximum absolute atomic E-state index is 9.92. The molecule has 0 aliphatic heterocycles. The Bertz CT molecular complexity index is 77.0. The van der Waals surface area contributed by atoms with E-state index in [0.29, 0.717) is 0 Å². The van der Waals surface area contributed by atoms with Crippen molar-refractivity contribution in [1.29, 1.82) is 0 Å². The Morgan fingerprint density at radius 3 is 2.00 bits per heavy atom. The van der Waals surface area contributed by atoms with Crippen LogP contribution >= 0.6 is 7.37 Å². The molecule has 0 aromatic rings. The summed E-state index contributed by atoms with van der Waals surface area (Å²) in [4.78, 5) is 9.92. The largest absolute Gasteiger partial charge is 0.823 e. The molecule has 44 valence electrons. The molecule has 0 aromatic carbocycles. The van der Waals surface area contributed by atoms with Gasteiger partial charge < -0.3 is 9.46 Å². The van der Waals surface area contributed by atoms with Crippen LogP contribution < -0.4 is 4.89 Å². The molecule has 0 heterocycles. The average molecular weight is 290 g/mol. The maximum atomic E-state index is 9.92. The first-order chi connectivity index (χ1) is 2.56. The molecule has 0 bridgehead atoms. The zero-order valence-electron chi connectivity index (χ0n) is 4.09. The van der Waals surface area contributed by atoms with Crippen molar-refractivity contribution >= 4 is 7.37 Å². The Morgan fingerprint density at radius 2 is 2.00 bits per heavy atom. The minimum absolute atomic E-state index is 0. The van der Waals surface area contributed by atoms with Gasteiger partial charge in [-0.3, -0.25) is 6.66 Å². The number of hydrogen-bond donors (Lipinski definition) is 0. The van der Waals surface area contributed by atoms with Crippen LogP contribution in [0.1, 0.15) is 6.92 Å². The predicted molar refractivity (Wildman–Crippen MR) is 23.5 cm³/mol. The quantitative estimate of drug-likeness (QED) is 0.519. The van der Waals surface area contributed by atoms with Crippen LogP contribution in [0.2, 0.25) is 0 Å². The van der Waals surface area contributed by atoms with Crippen LogP contribution in [0.4, 0.5) is 0 Å². The van der Waals surface area contributed by atoms with E-state index in [1.807, 2.05) is 0 Å². The first kappa shape index (κ1) is 10.8. The van der Waals surface area contributed by atoms with Gasteiger partial charge in [0.25, 0.3) is 0 Å². The van der Waals surface area contributed by atoms with Crippen molar-refractivity contribution in [3.63, 3.8) is 0 Å². The fourth-order valence-electron chi connectivity index (χ4n) is 0. The second-order valence-corrected chi connectivity index (χ2v) is 3.39. The minimum atomic E-state index is -3.15. The molecule has 1 atom stereocenters. The van der Waals surface area contributed by atoms with Gasteiger partial charge in [0.15, 0.2) is 0 Å². The number of rotatable bonds is 1. The zero-order valence-corrected chi connectivity index (χ0v) is 7.91. The molecule has 0 amide bonds. The monoisotopic (exact) mass is 290 g/mol. The Hall–Kier alpha value is 0.878. The predicted octanol–water partition coefficient (Wildman–Crippen LogP) is 0.434. The van der Waals surface area contributed by atoms with E-state index in [1.165, 1.54) is 0 Å². The molecule has 0 saturated carbocycles. The van der Waals surface area contributed by atoms with E-state index in [4.69, 9.17) is 0 Å². The van der Waals surface area contributed by atoms with Gasteiger partial charge in [-0.25, -0.2) is 0 Å². The summed E-state index contributed by atoms with van der Waals surface area (Å²) in [5.74, 6) is 0. The van der Waals surface area contributed by atoms with Crippen LogP contribution in [0.3, 0.4) is 0 Å². The molecule has 0 rings (SSSR count). The van der Waals surface area contributed by atoms with E-state index in [2.05, 4.69) is 6.66 Å². The van der Waals surface area contributed by atoms with Gasteiger partial charge in [0, 0.05) is 21.1 Å². The third-order valence-electron chi connectivity index (χ3n) is 0.482. The second kappa shape index (κ2) is 3.83. The van der Waals surface area contributed by atoms with E-state index < -0.39 is 7.37 Å². The summed E-state index contributed by atoms with van der Waals surface area (Å²) < 4.78 is 9.92. The van der Waals surface area contributed by atoms with Crippen LogP contribution in [0, 0.1) is 6.66 Å². The van der Waals surface area contributed by atoms with E-state index in [9.17, 15) is 9.46 Å². The van der Waals surface area contributed by atoms with Gasteiger partial charge in [-0.05, 0) is 6.16 Å². The summed E-state index contributed by atoms with van der Waals surface area (Å²) in [5.41, 5.74) is 0. The molecule has 0 aromatic heterocycles. The number of hydrogen-bond acceptors (Lipinski definition) is 2. The van der Waals surface area contributed by atoms with Gasteiger partial charge in [0.1, 0.15) is 0 Å². The van der Waals surface area contributed by atoms with Crippen LogP contribution in [0.5, 0.6) is 0 Å². The van der Waals surface area contributed by atoms with E-state index in [1.54, 1.807) is 6.92 Å². The molecule has 0 N–H and O–H groups in total. The molecule has 0 aliphatic carbocycles. The van der Waals surface area contributed by atoms with Crippen LogP contribution in [0.25, 0.3) is 0 Å². The smallest absolute Gasteiger partial charge is 0 e. The summed E-state index contributed by atoms with van der Waals surface area (Å²) in [6.07, 6.45) is 0.160. The van der Waals surface area contributed by atoms with Gasteiger partial charge in [0.2, 0.25) is 0 Å². The molecule has 7 heavy (non-hydrogen) atoms. The third-order valence-corrected chi connectivity index (χ3v) is 1.45. The summed E-state index contributed by atoms with van der Waals surface area (Å²) in [6, 6.07) is 0. The molecule has 0 radical (unpaired) electrons. The van der Waals surface area contributed by atoms with Crippen molar-refractivity contribution in [2.75, 3.05) is 6.16 Å². The Morgan fingerprint density at radius 1 is 1.86 bits per heavy atom. The van der Waals surface area contributed by atoms with Crippen molar-refractivity contribution in [2.45, 2.75) is 6.92 Å². The first-order valence-electron chi connectivity index (χ1n) is 1.70. The summed E-state index contributed by atoms with van der Waals surface area (Å²) in [5, 5.41) is 0. The molecule has 1 unspecified atom stereocenters. The van der Waals surface area contributed by atoms with Gasteiger partial charge in [-0.15, -0.1) is 7.37 Å². The molecule has 0 spiro atoms. The van der Waals surface area contributed by atoms with Crippen molar-refractivity contribution in [2.24, 2.45) is 0 Å². The molecular weight excluding hydrogens is 283 g/mol. The topological polar surface area (TPSA) is 40.1 Å². The molecular formula is C3H7O2PW-2. The van der Waals surface area contributed by atoms with Crippen LogP contribution in [0.15, 0.2) is 0 Å². The normalized spacial score (nSPS) is 17.0. The maximum Gasteiger partial charge on any atom is 0 e. The molecule has 0 saturated heterocycles. The van der Waals surface area contributed by atoms with Crippen molar-refractivity contribution in [3.05, 3.63) is 6.66 Å². The van der Waals surface area contributed by atoms with Crippen molar-refractivity contribution in [3.8, 4) is 0 Å². The first-order valence-corrected chi connectivity index (χ1v) is 3.70. The van der Waals surface area contributed by atoms with Crippen molar-refractivity contribution in [1.82, 2.24) is 0 Å². The Labute approximate surface area is 58.0 Å². The van der Waals surface area contributed by atoms with Crippen LogP contribution in [-0.4, -0.2) is 6.16 Å². The van der Waals surface area contributed by atoms with Gasteiger partial charge >= 0.3 is 0 Å². The van der Waals surface area contributed by atoms with E-state index in [-0.39, 0.29) is 27.2 Å². The van der Waals surface area contributed by atoms with Crippen LogP contribution in [-0.2, 0) is 25.6 Å². The Balaban J connectivity index is 0. The summed E-state index contributed by atoms with van der Waals surface area (Å²) in [6.45, 7) is 4.46. The molecule has 0 fully saturated rings. The molecule has 4 heteroatoms. The summed E-state index contributed by atoms with van der Waals surface area (Å²) in [7, 11) is -3.15. The fraction of sp³-hybridized carbons (Fsp3) is 0.667. The van der Waals surface area contributed by atoms with Gasteiger partial charge in [-0.1, -0.05) is 6.92 Å². The zero-order chi connectivity index (χ0) is 5.21. The van der Waals surface area contributed by atoms with E-state index in [0.717, 1.165) is 0 Å². The third kappa shape index (κ3) is 10.9. The second-order valence-electron chi connectivity index (χ2n) is 1.13. The molecule has 0 aliphatic rings. The molecule has 2 nitrogen and oxygen atoms in total. The fourth-order valence-corrected chi connectivity index (χ4v) is 0.